The average Bonchev–Trinajstić information content (AvgIpc) is 2.49. The van der Waals surface area contributed by atoms with E-state index in [1.54, 1.807) is 0 Å². The first-order valence-electron chi connectivity index (χ1n) is 4.89. The summed E-state index contributed by atoms with van der Waals surface area (Å²) in [7, 11) is 0. The Labute approximate surface area is 90.8 Å². The molecule has 1 aliphatic carbocycles. The predicted molar refractivity (Wildman–Crippen MR) is 65.8 cm³/mol. The molecule has 1 heteroatoms. The van der Waals surface area contributed by atoms with Crippen LogP contribution in [0.5, 0.6) is 0 Å². The molecular weight excluding hydrogens is 188 g/mol. The zero-order valence-electron chi connectivity index (χ0n) is 8.38. The third-order valence-electron chi connectivity index (χ3n) is 2.68. The lowest BCUT2D eigenvalue weighted by Crippen LogP contribution is -1.85. The Hall–Kier alpha value is -0.950. The molecule has 0 fully saturated rings. The summed E-state index contributed by atoms with van der Waals surface area (Å²) in [4.78, 5) is 1.07. The Morgan fingerprint density at radius 1 is 1.36 bits per heavy atom. The van der Waals surface area contributed by atoms with E-state index in [2.05, 4.69) is 37.4 Å². The number of fused-ring (bicyclic) bond motifs is 1. The molecule has 0 atom stereocenters. The summed E-state index contributed by atoms with van der Waals surface area (Å²) in [5.41, 5.74) is 5.18. The van der Waals surface area contributed by atoms with Gasteiger partial charge in [-0.25, -0.2) is 0 Å². The normalized spacial score (nSPS) is 15.1. The lowest BCUT2D eigenvalue weighted by atomic mass is 10.0. The second-order valence-electron chi connectivity index (χ2n) is 3.67. The maximum Gasteiger partial charge on any atom is 0.0116 e. The van der Waals surface area contributed by atoms with Crippen LogP contribution in [0.15, 0.2) is 29.7 Å². The number of aryl methyl sites for hydroxylation is 1. The molecular formula is C13H14S. The van der Waals surface area contributed by atoms with E-state index in [1.807, 2.05) is 13.0 Å². The Bertz CT molecular complexity index is 413. The lowest BCUT2D eigenvalue weighted by Gasteiger charge is -2.05. The van der Waals surface area contributed by atoms with Crippen molar-refractivity contribution in [1.82, 2.24) is 0 Å². The third-order valence-corrected chi connectivity index (χ3v) is 3.06. The zero-order valence-corrected chi connectivity index (χ0v) is 9.27. The maximum atomic E-state index is 4.48. The van der Waals surface area contributed by atoms with E-state index in [9.17, 15) is 0 Å². The predicted octanol–water partition coefficient (Wildman–Crippen LogP) is 3.97. The molecule has 0 aliphatic heterocycles. The van der Waals surface area contributed by atoms with Crippen LogP contribution in [-0.2, 0) is 6.42 Å². The molecule has 14 heavy (non-hydrogen) atoms. The monoisotopic (exact) mass is 202 g/mol. The maximum absolute atomic E-state index is 4.48. The van der Waals surface area contributed by atoms with Crippen LogP contribution in [0.25, 0.3) is 11.6 Å². The fourth-order valence-corrected chi connectivity index (χ4v) is 2.21. The summed E-state index contributed by atoms with van der Waals surface area (Å²) < 4.78 is 0. The van der Waals surface area contributed by atoms with Gasteiger partial charge in [0.05, 0.1) is 0 Å². The van der Waals surface area contributed by atoms with E-state index in [4.69, 9.17) is 0 Å². The van der Waals surface area contributed by atoms with Gasteiger partial charge in [-0.15, -0.1) is 12.6 Å². The number of thiol groups is 1. The molecule has 1 aliphatic rings. The van der Waals surface area contributed by atoms with E-state index >= 15 is 0 Å². The highest BCUT2D eigenvalue weighted by atomic mass is 32.1. The van der Waals surface area contributed by atoms with Gasteiger partial charge in [-0.05, 0) is 54.2 Å². The molecule has 0 saturated carbocycles. The Balaban J connectivity index is 2.56. The quantitative estimate of drug-likeness (QED) is 0.655. The van der Waals surface area contributed by atoms with Gasteiger partial charge in [-0.3, -0.25) is 0 Å². The molecule has 0 radical (unpaired) electrons. The molecule has 0 aromatic heterocycles. The van der Waals surface area contributed by atoms with Gasteiger partial charge in [0.25, 0.3) is 0 Å². The van der Waals surface area contributed by atoms with Gasteiger partial charge in [0, 0.05) is 4.90 Å². The van der Waals surface area contributed by atoms with Gasteiger partial charge in [0.15, 0.2) is 0 Å². The van der Waals surface area contributed by atoms with Crippen LogP contribution in [-0.4, -0.2) is 0 Å². The Morgan fingerprint density at radius 3 is 2.86 bits per heavy atom. The minimum atomic E-state index is 1.07. The smallest absolute Gasteiger partial charge is 0.0116 e. The van der Waals surface area contributed by atoms with Crippen LogP contribution in [0.4, 0.5) is 0 Å². The van der Waals surface area contributed by atoms with Gasteiger partial charge in [-0.1, -0.05) is 18.7 Å². The number of allylic oxidation sites excluding steroid dienone is 2. The van der Waals surface area contributed by atoms with Crippen molar-refractivity contribution in [2.75, 3.05) is 0 Å². The summed E-state index contributed by atoms with van der Waals surface area (Å²) in [6.45, 7) is 6.10. The molecule has 2 rings (SSSR count). The van der Waals surface area contributed by atoms with Crippen LogP contribution in [0.3, 0.4) is 0 Å². The number of hydrogen-bond donors (Lipinski definition) is 1. The summed E-state index contributed by atoms with van der Waals surface area (Å²) in [6, 6.07) is 4.37. The Morgan fingerprint density at radius 2 is 2.14 bits per heavy atom. The molecule has 0 spiro atoms. The minimum absolute atomic E-state index is 1.07. The van der Waals surface area contributed by atoms with Gasteiger partial charge in [0.1, 0.15) is 0 Å². The molecule has 0 N–H and O–H groups in total. The van der Waals surface area contributed by atoms with Crippen molar-refractivity contribution < 1.29 is 0 Å². The van der Waals surface area contributed by atoms with Crippen LogP contribution in [0.1, 0.15) is 30.0 Å². The molecule has 0 heterocycles. The van der Waals surface area contributed by atoms with Gasteiger partial charge < -0.3 is 0 Å². The average molecular weight is 202 g/mol. The first-order valence-corrected chi connectivity index (χ1v) is 5.34. The van der Waals surface area contributed by atoms with Crippen molar-refractivity contribution >= 4 is 24.3 Å². The Kier molecular flexibility index (Phi) is 2.51. The fraction of sp³-hybridized carbons (Fsp3) is 0.231. The molecule has 72 valence electrons. The highest BCUT2D eigenvalue weighted by molar-refractivity contribution is 7.80. The highest BCUT2D eigenvalue weighted by Gasteiger charge is 2.15. The summed E-state index contributed by atoms with van der Waals surface area (Å²) >= 11 is 4.48. The van der Waals surface area contributed by atoms with E-state index < -0.39 is 0 Å². The van der Waals surface area contributed by atoms with Crippen LogP contribution in [0.2, 0.25) is 0 Å². The summed E-state index contributed by atoms with van der Waals surface area (Å²) in [6.07, 6.45) is 6.35. The third kappa shape index (κ3) is 1.53. The number of rotatable bonds is 1. The first-order chi connectivity index (χ1) is 6.72. The van der Waals surface area contributed by atoms with Crippen molar-refractivity contribution in [1.29, 1.82) is 0 Å². The number of benzene rings is 1. The largest absolute Gasteiger partial charge is 0.143 e. The highest BCUT2D eigenvalue weighted by Crippen LogP contribution is 2.34. The lowest BCUT2D eigenvalue weighted by molar-refractivity contribution is 1.07. The first kappa shape index (κ1) is 9.60. The second kappa shape index (κ2) is 3.66. The van der Waals surface area contributed by atoms with E-state index in [0.717, 1.165) is 17.7 Å². The fourth-order valence-electron chi connectivity index (χ4n) is 1.92. The minimum Gasteiger partial charge on any atom is -0.143 e. The SMILES string of the molecule is C=C1CCc2cc(S)c(/C=C/C)cc21. The van der Waals surface area contributed by atoms with Crippen LogP contribution in [0, 0.1) is 0 Å². The van der Waals surface area contributed by atoms with Crippen molar-refractivity contribution in [3.8, 4) is 0 Å². The van der Waals surface area contributed by atoms with Gasteiger partial charge >= 0.3 is 0 Å². The second-order valence-corrected chi connectivity index (χ2v) is 4.15. The van der Waals surface area contributed by atoms with Gasteiger partial charge in [0.2, 0.25) is 0 Å². The molecule has 0 unspecified atom stereocenters. The molecule has 0 amide bonds. The molecule has 0 saturated heterocycles. The summed E-state index contributed by atoms with van der Waals surface area (Å²) in [5, 5.41) is 0. The summed E-state index contributed by atoms with van der Waals surface area (Å²) in [5.74, 6) is 0. The molecule has 1 aromatic carbocycles. The van der Waals surface area contributed by atoms with Crippen molar-refractivity contribution in [2.24, 2.45) is 0 Å². The van der Waals surface area contributed by atoms with E-state index in [-0.39, 0.29) is 0 Å². The van der Waals surface area contributed by atoms with E-state index in [1.165, 1.54) is 22.3 Å². The number of hydrogen-bond acceptors (Lipinski definition) is 1. The topological polar surface area (TPSA) is 0 Å². The van der Waals surface area contributed by atoms with E-state index in [0.29, 0.717) is 0 Å². The van der Waals surface area contributed by atoms with Crippen molar-refractivity contribution in [3.63, 3.8) is 0 Å². The van der Waals surface area contributed by atoms with Crippen molar-refractivity contribution in [3.05, 3.63) is 41.5 Å². The van der Waals surface area contributed by atoms with Crippen LogP contribution < -0.4 is 0 Å². The van der Waals surface area contributed by atoms with Crippen LogP contribution >= 0.6 is 12.6 Å². The van der Waals surface area contributed by atoms with Gasteiger partial charge in [-0.2, -0.15) is 0 Å². The molecule has 0 nitrogen and oxygen atoms in total. The van der Waals surface area contributed by atoms with Crippen molar-refractivity contribution in [2.45, 2.75) is 24.7 Å². The zero-order chi connectivity index (χ0) is 10.1. The standard InChI is InChI=1S/C13H14S/c1-3-4-11-7-12-9(2)5-6-10(12)8-13(11)14/h3-4,7-8,14H,2,5-6H2,1H3/b4-3+. The molecule has 0 bridgehead atoms. The molecule has 1 aromatic rings.